The number of methoxy groups -OCH3 is 2. The van der Waals surface area contributed by atoms with Gasteiger partial charge in [0.15, 0.2) is 0 Å². The quantitative estimate of drug-likeness (QED) is 0.655. The van der Waals surface area contributed by atoms with Gasteiger partial charge in [-0.25, -0.2) is 0 Å². The molecule has 2 amide bonds. The van der Waals surface area contributed by atoms with Crippen molar-refractivity contribution >= 4 is 28.8 Å². The summed E-state index contributed by atoms with van der Waals surface area (Å²) in [6.07, 6.45) is 0. The highest BCUT2D eigenvalue weighted by Gasteiger charge is 2.14. The maximum absolute atomic E-state index is 12.8. The van der Waals surface area contributed by atoms with Crippen molar-refractivity contribution in [3.8, 4) is 21.9 Å². The maximum Gasteiger partial charge on any atom is 0.263 e. The van der Waals surface area contributed by atoms with Crippen LogP contribution in [0.5, 0.6) is 11.5 Å². The molecule has 0 saturated heterocycles. The van der Waals surface area contributed by atoms with E-state index < -0.39 is 0 Å². The lowest BCUT2D eigenvalue weighted by Crippen LogP contribution is -2.20. The summed E-state index contributed by atoms with van der Waals surface area (Å²) >= 11 is 1.40. The lowest BCUT2D eigenvalue weighted by molar-refractivity contribution is 0.0832. The Morgan fingerprint density at radius 1 is 0.966 bits per heavy atom. The molecule has 1 heterocycles. The zero-order valence-corrected chi connectivity index (χ0v) is 17.5. The summed E-state index contributed by atoms with van der Waals surface area (Å²) in [6, 6.07) is 16.2. The molecule has 0 spiro atoms. The number of thiophene rings is 1. The van der Waals surface area contributed by atoms with Gasteiger partial charge in [-0.1, -0.05) is 12.1 Å². The number of amides is 2. The van der Waals surface area contributed by atoms with Gasteiger partial charge < -0.3 is 19.7 Å². The second-order valence-corrected chi connectivity index (χ2v) is 7.55. The first-order valence-corrected chi connectivity index (χ1v) is 9.70. The van der Waals surface area contributed by atoms with Crippen molar-refractivity contribution in [2.45, 2.75) is 0 Å². The van der Waals surface area contributed by atoms with E-state index in [1.807, 2.05) is 18.2 Å². The van der Waals surface area contributed by atoms with E-state index in [2.05, 4.69) is 5.32 Å². The largest absolute Gasteiger partial charge is 0.497 e. The Labute approximate surface area is 173 Å². The molecule has 0 atom stereocenters. The van der Waals surface area contributed by atoms with E-state index in [4.69, 9.17) is 9.47 Å². The molecule has 29 heavy (non-hydrogen) atoms. The molecule has 0 saturated carbocycles. The summed E-state index contributed by atoms with van der Waals surface area (Å²) in [5.74, 6) is 0.853. The first kappa shape index (κ1) is 20.4. The van der Waals surface area contributed by atoms with Gasteiger partial charge in [0.2, 0.25) is 0 Å². The summed E-state index contributed by atoms with van der Waals surface area (Å²) in [7, 11) is 6.55. The second-order valence-electron chi connectivity index (χ2n) is 6.46. The van der Waals surface area contributed by atoms with Crippen LogP contribution in [0.25, 0.3) is 10.4 Å². The normalized spacial score (nSPS) is 10.3. The SMILES string of the molecule is COc1ccc(OC)c(NC(=O)c2cccc(-c3ccc(C(=O)N(C)C)s3)c2)c1. The number of rotatable bonds is 6. The van der Waals surface area contributed by atoms with Gasteiger partial charge >= 0.3 is 0 Å². The van der Waals surface area contributed by atoms with Crippen LogP contribution in [0.15, 0.2) is 54.6 Å². The van der Waals surface area contributed by atoms with Crippen LogP contribution in [0.1, 0.15) is 20.0 Å². The first-order chi connectivity index (χ1) is 13.9. The van der Waals surface area contributed by atoms with Gasteiger partial charge in [0.1, 0.15) is 11.5 Å². The minimum atomic E-state index is -0.264. The first-order valence-electron chi connectivity index (χ1n) is 8.88. The number of benzene rings is 2. The molecule has 150 valence electrons. The Morgan fingerprint density at radius 3 is 2.45 bits per heavy atom. The third kappa shape index (κ3) is 4.57. The summed E-state index contributed by atoms with van der Waals surface area (Å²) in [5, 5.41) is 2.87. The topological polar surface area (TPSA) is 67.9 Å². The Balaban J connectivity index is 1.85. The standard InChI is InChI=1S/C22H22N2O4S/c1-24(2)22(26)20-11-10-19(29-20)14-6-5-7-15(12-14)21(25)23-17-13-16(27-3)8-9-18(17)28-4/h5-13H,1-4H3,(H,23,25). The van der Waals surface area contributed by atoms with Crippen LogP contribution in [0.4, 0.5) is 5.69 Å². The molecule has 0 aliphatic carbocycles. The van der Waals surface area contributed by atoms with Gasteiger partial charge in [-0.2, -0.15) is 0 Å². The van der Waals surface area contributed by atoms with Crippen LogP contribution in [0.3, 0.4) is 0 Å². The molecule has 0 radical (unpaired) electrons. The minimum absolute atomic E-state index is 0.0414. The summed E-state index contributed by atoms with van der Waals surface area (Å²) < 4.78 is 10.5. The zero-order valence-electron chi connectivity index (χ0n) is 16.7. The van der Waals surface area contributed by atoms with E-state index >= 15 is 0 Å². The van der Waals surface area contributed by atoms with E-state index in [9.17, 15) is 9.59 Å². The van der Waals surface area contributed by atoms with Crippen molar-refractivity contribution in [2.75, 3.05) is 33.6 Å². The predicted octanol–water partition coefficient (Wildman–Crippen LogP) is 4.39. The number of hydrogen-bond acceptors (Lipinski definition) is 5. The van der Waals surface area contributed by atoms with Crippen LogP contribution >= 0.6 is 11.3 Å². The average Bonchev–Trinajstić information content (AvgIpc) is 3.23. The number of nitrogens with one attached hydrogen (secondary N) is 1. The molecule has 1 aromatic heterocycles. The fraction of sp³-hybridized carbons (Fsp3) is 0.182. The molecule has 0 aliphatic rings. The summed E-state index contributed by atoms with van der Waals surface area (Å²) in [4.78, 5) is 28.1. The van der Waals surface area contributed by atoms with Gasteiger partial charge in [-0.3, -0.25) is 9.59 Å². The number of anilines is 1. The highest BCUT2D eigenvalue weighted by molar-refractivity contribution is 7.17. The number of ether oxygens (including phenoxy) is 2. The predicted molar refractivity (Wildman–Crippen MR) is 115 cm³/mol. The molecule has 3 aromatic rings. The molecule has 7 heteroatoms. The monoisotopic (exact) mass is 410 g/mol. The third-order valence-corrected chi connectivity index (χ3v) is 5.41. The van der Waals surface area contributed by atoms with Crippen LogP contribution in [-0.2, 0) is 0 Å². The third-order valence-electron chi connectivity index (χ3n) is 4.29. The Bertz CT molecular complexity index is 1040. The molecule has 0 unspecified atom stereocenters. The molecule has 6 nitrogen and oxygen atoms in total. The Morgan fingerprint density at radius 2 is 1.76 bits per heavy atom. The van der Waals surface area contributed by atoms with Gasteiger partial charge in [-0.05, 0) is 42.0 Å². The molecular weight excluding hydrogens is 388 g/mol. The second kappa shape index (κ2) is 8.79. The smallest absolute Gasteiger partial charge is 0.263 e. The van der Waals surface area contributed by atoms with Crippen molar-refractivity contribution in [2.24, 2.45) is 0 Å². The van der Waals surface area contributed by atoms with Crippen molar-refractivity contribution < 1.29 is 19.1 Å². The number of carbonyl (C=O) groups excluding carboxylic acids is 2. The molecular formula is C22H22N2O4S. The van der Waals surface area contributed by atoms with Crippen LogP contribution in [-0.4, -0.2) is 45.0 Å². The molecule has 0 aliphatic heterocycles. The van der Waals surface area contributed by atoms with E-state index in [0.29, 0.717) is 27.6 Å². The molecule has 0 fully saturated rings. The summed E-state index contributed by atoms with van der Waals surface area (Å²) in [5.41, 5.74) is 1.90. The fourth-order valence-electron chi connectivity index (χ4n) is 2.75. The lowest BCUT2D eigenvalue weighted by Gasteiger charge is -2.12. The number of nitrogens with zero attached hydrogens (tertiary/aromatic N) is 1. The maximum atomic E-state index is 12.8. The molecule has 0 bridgehead atoms. The number of hydrogen-bond donors (Lipinski definition) is 1. The van der Waals surface area contributed by atoms with E-state index in [0.717, 1.165) is 10.4 Å². The van der Waals surface area contributed by atoms with Gasteiger partial charge in [-0.15, -0.1) is 11.3 Å². The van der Waals surface area contributed by atoms with Crippen LogP contribution in [0, 0.1) is 0 Å². The van der Waals surface area contributed by atoms with E-state index in [-0.39, 0.29) is 11.8 Å². The zero-order chi connectivity index (χ0) is 21.0. The Hall–Kier alpha value is -3.32. The minimum Gasteiger partial charge on any atom is -0.497 e. The van der Waals surface area contributed by atoms with E-state index in [1.165, 1.54) is 11.3 Å². The van der Waals surface area contributed by atoms with Crippen LogP contribution < -0.4 is 14.8 Å². The van der Waals surface area contributed by atoms with Crippen molar-refractivity contribution in [1.29, 1.82) is 0 Å². The average molecular weight is 410 g/mol. The van der Waals surface area contributed by atoms with Crippen molar-refractivity contribution in [1.82, 2.24) is 4.90 Å². The summed E-state index contributed by atoms with van der Waals surface area (Å²) in [6.45, 7) is 0. The van der Waals surface area contributed by atoms with Gasteiger partial charge in [0.25, 0.3) is 11.8 Å². The molecule has 1 N–H and O–H groups in total. The highest BCUT2D eigenvalue weighted by Crippen LogP contribution is 2.31. The van der Waals surface area contributed by atoms with Crippen LogP contribution in [0.2, 0.25) is 0 Å². The van der Waals surface area contributed by atoms with Crippen molar-refractivity contribution in [3.63, 3.8) is 0 Å². The lowest BCUT2D eigenvalue weighted by atomic mass is 10.1. The molecule has 2 aromatic carbocycles. The van der Waals surface area contributed by atoms with E-state index in [1.54, 1.807) is 69.6 Å². The number of carbonyl (C=O) groups is 2. The van der Waals surface area contributed by atoms with Gasteiger partial charge in [0.05, 0.1) is 24.8 Å². The van der Waals surface area contributed by atoms with Crippen molar-refractivity contribution in [3.05, 3.63) is 65.0 Å². The highest BCUT2D eigenvalue weighted by atomic mass is 32.1. The molecule has 3 rings (SSSR count). The van der Waals surface area contributed by atoms with Gasteiger partial charge in [0, 0.05) is 30.6 Å². The Kier molecular flexibility index (Phi) is 6.19. The fourth-order valence-corrected chi connectivity index (χ4v) is 3.77.